The van der Waals surface area contributed by atoms with Gasteiger partial charge in [-0.15, -0.1) is 4.91 Å². The normalized spacial score (nSPS) is 17.4. The van der Waals surface area contributed by atoms with Crippen molar-refractivity contribution in [1.29, 1.82) is 0 Å². The number of fused-ring (bicyclic) bond motifs is 2. The molecule has 1 heterocycles. The zero-order valence-corrected chi connectivity index (χ0v) is 34.8. The lowest BCUT2D eigenvalue weighted by Crippen LogP contribution is -2.29. The number of nitroso groups, excluding NO2 is 1. The number of benzene rings is 3. The van der Waals surface area contributed by atoms with Crippen LogP contribution in [0.5, 0.6) is 23.0 Å². The summed E-state index contributed by atoms with van der Waals surface area (Å²) >= 11 is 5.56. The number of rotatable bonds is 14. The molecule has 1 aliphatic heterocycles. The second-order valence-electron chi connectivity index (χ2n) is 16.4. The van der Waals surface area contributed by atoms with Crippen LogP contribution in [0.2, 0.25) is 0 Å². The van der Waals surface area contributed by atoms with Gasteiger partial charge in [0.2, 0.25) is 0 Å². The summed E-state index contributed by atoms with van der Waals surface area (Å²) in [7, 11) is 0. The first kappa shape index (κ1) is 43.3. The summed E-state index contributed by atoms with van der Waals surface area (Å²) in [4.78, 5) is 33.9. The van der Waals surface area contributed by atoms with Gasteiger partial charge in [0, 0.05) is 40.2 Å². The summed E-state index contributed by atoms with van der Waals surface area (Å²) in [5.41, 5.74) is 8.69. The van der Waals surface area contributed by atoms with Crippen LogP contribution < -0.4 is 25.0 Å². The number of hydrogen-bond donors (Lipinski definition) is 4. The van der Waals surface area contributed by atoms with Gasteiger partial charge in [0.25, 0.3) is 0 Å². The van der Waals surface area contributed by atoms with Gasteiger partial charge in [-0.05, 0) is 113 Å². The monoisotopic (exact) mass is 808 g/mol. The largest absolute Gasteiger partial charge is 0.508 e. The summed E-state index contributed by atoms with van der Waals surface area (Å²) in [6.07, 6.45) is 12.2. The molecule has 1 amide bonds. The minimum atomic E-state index is -1.14. The number of carboxylic acid groups (broad SMARTS) is 1. The Bertz CT molecular complexity index is 2140. The first-order chi connectivity index (χ1) is 27.5. The third-order valence-corrected chi connectivity index (χ3v) is 10.1. The van der Waals surface area contributed by atoms with Crippen molar-refractivity contribution in [2.45, 2.75) is 91.1 Å². The number of aliphatic carboxylic acids is 1. The maximum absolute atomic E-state index is 11.7. The van der Waals surface area contributed by atoms with Gasteiger partial charge >= 0.3 is 11.9 Å². The molecule has 3 aromatic rings. The van der Waals surface area contributed by atoms with Crippen LogP contribution in [0, 0.1) is 10.3 Å². The van der Waals surface area contributed by atoms with Gasteiger partial charge in [0.05, 0.1) is 0 Å². The number of phenolic OH excluding ortho intramolecular Hbond substituents is 1. The lowest BCUT2D eigenvalue weighted by Gasteiger charge is -2.36. The van der Waals surface area contributed by atoms with Crippen LogP contribution in [0.15, 0.2) is 100 Å². The van der Waals surface area contributed by atoms with Crippen LogP contribution in [0.1, 0.15) is 102 Å². The second kappa shape index (κ2) is 18.6. The highest BCUT2D eigenvalue weighted by Crippen LogP contribution is 2.48. The molecule has 0 radical (unpaired) electrons. The quantitative estimate of drug-likeness (QED) is 0.0530. The number of amides is 1. The number of ether oxygens (including phenoxy) is 3. The smallest absolute Gasteiger partial charge is 0.341 e. The van der Waals surface area contributed by atoms with E-state index in [1.54, 1.807) is 24.4 Å². The Balaban J connectivity index is 1.28. The maximum atomic E-state index is 11.7. The molecular formula is C45H52N4O8S. The Morgan fingerprint density at radius 1 is 1.00 bits per heavy atom. The van der Waals surface area contributed by atoms with Crippen molar-refractivity contribution in [3.8, 4) is 23.0 Å². The zero-order chi connectivity index (χ0) is 42.2. The fourth-order valence-electron chi connectivity index (χ4n) is 7.28. The van der Waals surface area contributed by atoms with Crippen molar-refractivity contribution in [3.63, 3.8) is 0 Å². The van der Waals surface area contributed by atoms with E-state index in [0.717, 1.165) is 51.3 Å². The molecule has 0 saturated heterocycles. The molecule has 58 heavy (non-hydrogen) atoms. The molecule has 306 valence electrons. The van der Waals surface area contributed by atoms with E-state index in [0.29, 0.717) is 29.5 Å². The lowest BCUT2D eigenvalue weighted by molar-refractivity contribution is -0.139. The van der Waals surface area contributed by atoms with Gasteiger partial charge in [-0.1, -0.05) is 78.8 Å². The molecule has 1 aliphatic carbocycles. The average molecular weight is 809 g/mol. The van der Waals surface area contributed by atoms with Crippen LogP contribution in [0.3, 0.4) is 0 Å². The fourth-order valence-corrected chi connectivity index (χ4v) is 7.45. The van der Waals surface area contributed by atoms with Crippen molar-refractivity contribution >= 4 is 41.1 Å². The third-order valence-electron chi connectivity index (χ3n) is 9.95. The molecule has 3 atom stereocenters. The molecule has 0 aromatic heterocycles. The van der Waals surface area contributed by atoms with Gasteiger partial charge in [-0.3, -0.25) is 10.2 Å². The third kappa shape index (κ3) is 11.0. The summed E-state index contributed by atoms with van der Waals surface area (Å²) in [5.74, 6) is -0.791. The molecule has 3 aromatic carbocycles. The number of hydrazone groups is 1. The number of carbonyl (C=O) groups is 2. The van der Waals surface area contributed by atoms with E-state index in [4.69, 9.17) is 26.4 Å². The lowest BCUT2D eigenvalue weighted by atomic mass is 9.72. The van der Waals surface area contributed by atoms with Crippen LogP contribution in [0.4, 0.5) is 5.69 Å². The Morgan fingerprint density at radius 3 is 2.38 bits per heavy atom. The highest BCUT2D eigenvalue weighted by molar-refractivity contribution is 7.80. The molecule has 12 nitrogen and oxygen atoms in total. The molecule has 13 heteroatoms. The van der Waals surface area contributed by atoms with Gasteiger partial charge < -0.3 is 29.7 Å². The summed E-state index contributed by atoms with van der Waals surface area (Å²) < 4.78 is 17.8. The number of carboxylic acids is 1. The van der Waals surface area contributed by atoms with Crippen LogP contribution in [-0.2, 0) is 15.0 Å². The summed E-state index contributed by atoms with van der Waals surface area (Å²) in [6.45, 7) is 13.3. The van der Waals surface area contributed by atoms with Gasteiger partial charge in [-0.25, -0.2) is 4.79 Å². The minimum Gasteiger partial charge on any atom is -0.508 e. The van der Waals surface area contributed by atoms with E-state index >= 15 is 0 Å². The van der Waals surface area contributed by atoms with E-state index in [1.165, 1.54) is 0 Å². The van der Waals surface area contributed by atoms with Crippen molar-refractivity contribution in [1.82, 2.24) is 5.43 Å². The zero-order valence-electron chi connectivity index (χ0n) is 34.0. The maximum Gasteiger partial charge on any atom is 0.341 e. The van der Waals surface area contributed by atoms with Gasteiger partial charge in [0.1, 0.15) is 29.1 Å². The average Bonchev–Trinajstić information content (AvgIpc) is 3.16. The van der Waals surface area contributed by atoms with Crippen molar-refractivity contribution in [2.75, 3.05) is 18.5 Å². The van der Waals surface area contributed by atoms with Crippen LogP contribution in [-0.4, -0.2) is 52.7 Å². The number of phenols is 1. The van der Waals surface area contributed by atoms with E-state index in [-0.39, 0.29) is 29.1 Å². The standard InChI is InChI=1S/C45H52N4O8S/c1-8-10-27-12-18-36-32(21-27)42(33-22-30(50)17-19-37(33)57-36)28-13-15-29(16-14-28)47-43(58)48-46-20-9-11-34(44(2,3)4)31-23-35(45(5,6)7)39(55-25-40(51)49-54)24-38(31)56-26-41(52)53/h10,12-24,34,36,42,50H,8-9,11,25-26H2,1-7H3,(H,52,53)(H2,47,48,58)/b27-10-,46-20+. The van der Waals surface area contributed by atoms with Crippen molar-refractivity contribution < 1.29 is 34.0 Å². The van der Waals surface area contributed by atoms with Crippen LogP contribution >= 0.6 is 12.2 Å². The number of carbonyl (C=O) groups excluding carboxylic acids is 1. The Labute approximate surface area is 345 Å². The second-order valence-corrected chi connectivity index (χ2v) is 16.8. The Morgan fingerprint density at radius 2 is 1.72 bits per heavy atom. The van der Waals surface area contributed by atoms with Gasteiger partial charge in [-0.2, -0.15) is 5.10 Å². The predicted octanol–water partition coefficient (Wildman–Crippen LogP) is 9.43. The minimum absolute atomic E-state index is 0.114. The Hall–Kier alpha value is -5.82. The first-order valence-electron chi connectivity index (χ1n) is 19.3. The topological polar surface area (TPSA) is 168 Å². The number of hydrogen-bond acceptors (Lipinski definition) is 9. The number of anilines is 1. The number of nitrogens with zero attached hydrogens (tertiary/aromatic N) is 2. The first-order valence-corrected chi connectivity index (χ1v) is 19.7. The molecular weight excluding hydrogens is 757 g/mol. The molecule has 0 saturated carbocycles. The molecule has 5 rings (SSSR count). The Kier molecular flexibility index (Phi) is 13.9. The number of thiocarbonyl (C=S) groups is 1. The summed E-state index contributed by atoms with van der Waals surface area (Å²) in [6, 6.07) is 16.8. The highest BCUT2D eigenvalue weighted by atomic mass is 32.1. The number of allylic oxidation sites excluding steroid dienone is 4. The highest BCUT2D eigenvalue weighted by Gasteiger charge is 2.35. The molecule has 0 fully saturated rings. The van der Waals surface area contributed by atoms with Crippen molar-refractivity contribution in [3.05, 3.63) is 117 Å². The van der Waals surface area contributed by atoms with E-state index in [2.05, 4.69) is 73.0 Å². The summed E-state index contributed by atoms with van der Waals surface area (Å²) in [5, 5.41) is 30.1. The van der Waals surface area contributed by atoms with E-state index in [1.807, 2.05) is 57.2 Å². The van der Waals surface area contributed by atoms with E-state index < -0.39 is 30.5 Å². The molecule has 0 bridgehead atoms. The van der Waals surface area contributed by atoms with Gasteiger partial charge in [0.15, 0.2) is 18.3 Å². The number of nitrogens with one attached hydrogen (secondary N) is 2. The molecule has 3 unspecified atom stereocenters. The molecule has 4 N–H and O–H groups in total. The fraction of sp³-hybridized carbons (Fsp3) is 0.378. The van der Waals surface area contributed by atoms with Crippen LogP contribution in [0.25, 0.3) is 0 Å². The SMILES string of the molecule is CC/C=C1/C=CC2Oc3ccc(O)cc3C(c3ccc(NC(=S)N/N=C/CCC(c4cc(C(C)(C)C)c(OCC(=O)N=O)cc4OCC(=O)O)C(C)(C)C)cc3)C2=C1. The predicted molar refractivity (Wildman–Crippen MR) is 230 cm³/mol. The molecule has 2 aliphatic rings. The van der Waals surface area contributed by atoms with Crippen molar-refractivity contribution in [2.24, 2.45) is 15.7 Å². The molecule has 0 spiro atoms. The number of aromatic hydroxyl groups is 1. The van der Waals surface area contributed by atoms with E-state index in [9.17, 15) is 24.7 Å².